The number of piperidine rings is 3. The van der Waals surface area contributed by atoms with Crippen LogP contribution < -0.4 is 27.8 Å². The SMILES string of the molecule is COC1CC(c2ccc(C(=O)N3CCC(F)(CN4CCC(n5cc(C)c6cc(NC(=O)CCNC=O)cnc65)CC4)CC3)cc2C)CN(C(/C=C(\N)c2ccccc2O)=C(N)N)C1. The largest absolute Gasteiger partial charge is 0.507 e. The Kier molecular flexibility index (Phi) is 13.9. The standard InChI is InChI=1S/C47H61FN10O5/c1-30-20-32(8-9-37(30)33-21-36(63-3)27-57(26-33)41(44(50)51)23-40(49)38-6-4-5-7-42(38)60)46(62)56-18-13-47(48,14-19-56)28-55-16-11-35(12-17-55)58-25-31(2)39-22-34(24-53-45(39)58)54-43(61)10-15-52-29-59/h4-9,20,22-25,29,33,35-36,60H,10-19,21,26-28,49-51H2,1-3H3,(H,52,59)(H,54,61)/b40-23-. The van der Waals surface area contributed by atoms with Crippen molar-refractivity contribution in [1.82, 2.24) is 29.6 Å². The Morgan fingerprint density at radius 1 is 1.00 bits per heavy atom. The van der Waals surface area contributed by atoms with Crippen LogP contribution in [-0.2, 0) is 14.3 Å². The monoisotopic (exact) mass is 864 g/mol. The zero-order valence-corrected chi connectivity index (χ0v) is 36.5. The molecule has 2 atom stereocenters. The van der Waals surface area contributed by atoms with Gasteiger partial charge in [0.2, 0.25) is 12.3 Å². The average molecular weight is 865 g/mol. The van der Waals surface area contributed by atoms with E-state index in [9.17, 15) is 19.5 Å². The maximum Gasteiger partial charge on any atom is 0.253 e. The van der Waals surface area contributed by atoms with E-state index in [2.05, 4.69) is 31.2 Å². The molecule has 63 heavy (non-hydrogen) atoms. The molecule has 2 unspecified atom stereocenters. The molecule has 0 saturated carbocycles. The normalized spacial score (nSPS) is 19.8. The van der Waals surface area contributed by atoms with Crippen LogP contribution in [0.3, 0.4) is 0 Å². The molecule has 7 rings (SSSR count). The minimum Gasteiger partial charge on any atom is -0.507 e. The van der Waals surface area contributed by atoms with Crippen molar-refractivity contribution >= 4 is 40.6 Å². The molecule has 336 valence electrons. The number of nitrogens with one attached hydrogen (secondary N) is 2. The number of para-hydroxylation sites is 1. The van der Waals surface area contributed by atoms with Gasteiger partial charge in [0.15, 0.2) is 0 Å². The number of hydrogen-bond donors (Lipinski definition) is 6. The van der Waals surface area contributed by atoms with Crippen molar-refractivity contribution in [3.8, 4) is 5.75 Å². The highest BCUT2D eigenvalue weighted by molar-refractivity contribution is 5.95. The highest BCUT2D eigenvalue weighted by atomic mass is 19.1. The molecule has 9 N–H and O–H groups in total. The average Bonchev–Trinajstić information content (AvgIpc) is 3.60. The number of ether oxygens (including phenoxy) is 1. The number of carbonyl (C=O) groups excluding carboxylic acids is 3. The number of rotatable bonds is 14. The third-order valence-corrected chi connectivity index (χ3v) is 13.0. The summed E-state index contributed by atoms with van der Waals surface area (Å²) in [6.07, 6.45) is 9.13. The molecule has 3 amide bonds. The summed E-state index contributed by atoms with van der Waals surface area (Å²) in [6, 6.07) is 14.8. The van der Waals surface area contributed by atoms with Gasteiger partial charge in [-0.05, 0) is 86.2 Å². The van der Waals surface area contributed by atoms with Gasteiger partial charge in [0.1, 0.15) is 22.9 Å². The number of carbonyl (C=O) groups is 3. The molecule has 0 spiro atoms. The molecule has 2 aromatic carbocycles. The van der Waals surface area contributed by atoms with Gasteiger partial charge in [-0.2, -0.15) is 0 Å². The number of allylic oxidation sites excluding steroid dienone is 1. The second-order valence-electron chi connectivity index (χ2n) is 17.4. The number of halogens is 1. The van der Waals surface area contributed by atoms with Crippen LogP contribution in [0.4, 0.5) is 10.1 Å². The lowest BCUT2D eigenvalue weighted by Gasteiger charge is -2.41. The summed E-state index contributed by atoms with van der Waals surface area (Å²) in [5, 5.41) is 16.7. The predicted octanol–water partition coefficient (Wildman–Crippen LogP) is 4.61. The molecule has 0 aliphatic carbocycles. The van der Waals surface area contributed by atoms with E-state index >= 15 is 4.39 Å². The molecule has 0 radical (unpaired) electrons. The van der Waals surface area contributed by atoms with Gasteiger partial charge >= 0.3 is 0 Å². The first-order valence-corrected chi connectivity index (χ1v) is 21.8. The van der Waals surface area contributed by atoms with Crippen LogP contribution in [0, 0.1) is 13.8 Å². The number of nitrogens with zero attached hydrogens (tertiary/aromatic N) is 5. The second kappa shape index (κ2) is 19.5. The summed E-state index contributed by atoms with van der Waals surface area (Å²) in [5.41, 5.74) is 24.0. The third kappa shape index (κ3) is 10.4. The molecule has 5 heterocycles. The van der Waals surface area contributed by atoms with Crippen LogP contribution in [0.5, 0.6) is 5.75 Å². The zero-order chi connectivity index (χ0) is 44.8. The minimum absolute atomic E-state index is 0.0381. The van der Waals surface area contributed by atoms with Gasteiger partial charge in [-0.15, -0.1) is 0 Å². The second-order valence-corrected chi connectivity index (χ2v) is 17.4. The Morgan fingerprint density at radius 2 is 1.75 bits per heavy atom. The third-order valence-electron chi connectivity index (χ3n) is 13.0. The summed E-state index contributed by atoms with van der Waals surface area (Å²) < 4.78 is 24.5. The molecule has 3 aliphatic heterocycles. The lowest BCUT2D eigenvalue weighted by atomic mass is 9.85. The van der Waals surface area contributed by atoms with Crippen molar-refractivity contribution in [2.75, 3.05) is 64.8 Å². The maximum absolute atomic E-state index is 16.4. The Bertz CT molecular complexity index is 2360. The van der Waals surface area contributed by atoms with Crippen molar-refractivity contribution in [2.24, 2.45) is 17.2 Å². The molecule has 3 fully saturated rings. The number of fused-ring (bicyclic) bond motifs is 1. The van der Waals surface area contributed by atoms with Crippen LogP contribution in [0.1, 0.15) is 83.1 Å². The molecular weight excluding hydrogens is 804 g/mol. The van der Waals surface area contributed by atoms with E-state index < -0.39 is 5.67 Å². The lowest BCUT2D eigenvalue weighted by molar-refractivity contribution is -0.116. The molecule has 0 bridgehead atoms. The van der Waals surface area contributed by atoms with Gasteiger partial charge in [0, 0.05) is 119 Å². The number of methoxy groups -OCH3 is 1. The number of amides is 3. The van der Waals surface area contributed by atoms with Gasteiger partial charge in [-0.3, -0.25) is 14.4 Å². The zero-order valence-electron chi connectivity index (χ0n) is 36.5. The Balaban J connectivity index is 0.925. The summed E-state index contributed by atoms with van der Waals surface area (Å²) >= 11 is 0. The number of pyridine rings is 1. The Morgan fingerprint density at radius 3 is 2.43 bits per heavy atom. The van der Waals surface area contributed by atoms with Gasteiger partial charge < -0.3 is 56.9 Å². The quantitative estimate of drug-likeness (QED) is 0.0586. The summed E-state index contributed by atoms with van der Waals surface area (Å²) in [7, 11) is 1.68. The van der Waals surface area contributed by atoms with E-state index in [4.69, 9.17) is 26.9 Å². The van der Waals surface area contributed by atoms with E-state index in [-0.39, 0.29) is 67.3 Å². The number of phenols is 1. The summed E-state index contributed by atoms with van der Waals surface area (Å²) in [6.45, 7) is 8.01. The van der Waals surface area contributed by atoms with Crippen molar-refractivity contribution in [1.29, 1.82) is 0 Å². The Labute approximate surface area is 368 Å². The fourth-order valence-corrected chi connectivity index (χ4v) is 9.53. The number of nitrogens with two attached hydrogens (primary N) is 3. The van der Waals surface area contributed by atoms with Crippen LogP contribution >= 0.6 is 0 Å². The number of aryl methyl sites for hydroxylation is 2. The number of alkyl halides is 1. The van der Waals surface area contributed by atoms with Gasteiger partial charge in [-0.1, -0.05) is 18.2 Å². The minimum atomic E-state index is -1.38. The van der Waals surface area contributed by atoms with E-state index in [0.29, 0.717) is 67.3 Å². The first-order valence-electron chi connectivity index (χ1n) is 21.8. The number of phenolic OH excluding ortho intramolecular Hbond substituents is 1. The van der Waals surface area contributed by atoms with Crippen molar-refractivity contribution in [3.63, 3.8) is 0 Å². The van der Waals surface area contributed by atoms with Crippen molar-refractivity contribution in [3.05, 3.63) is 106 Å². The first kappa shape index (κ1) is 44.9. The van der Waals surface area contributed by atoms with Crippen molar-refractivity contribution in [2.45, 2.75) is 76.1 Å². The highest BCUT2D eigenvalue weighted by Gasteiger charge is 2.39. The Hall–Kier alpha value is -6.13. The van der Waals surface area contributed by atoms with E-state index in [1.54, 1.807) is 48.5 Å². The summed E-state index contributed by atoms with van der Waals surface area (Å²) in [5.74, 6) is -0.0984. The maximum atomic E-state index is 16.4. The van der Waals surface area contributed by atoms with Crippen LogP contribution in [0.2, 0.25) is 0 Å². The van der Waals surface area contributed by atoms with Crippen LogP contribution in [0.15, 0.2) is 78.5 Å². The topological polar surface area (TPSA) is 210 Å². The lowest BCUT2D eigenvalue weighted by Crippen LogP contribution is -2.51. The molecule has 3 aliphatic rings. The van der Waals surface area contributed by atoms with Gasteiger partial charge in [0.25, 0.3) is 5.91 Å². The predicted molar refractivity (Wildman–Crippen MR) is 242 cm³/mol. The van der Waals surface area contributed by atoms with Crippen molar-refractivity contribution < 1.29 is 28.6 Å². The number of benzene rings is 2. The van der Waals surface area contributed by atoms with Crippen LogP contribution in [-0.4, -0.2) is 119 Å². The van der Waals surface area contributed by atoms with Gasteiger partial charge in [-0.25, -0.2) is 9.37 Å². The molecular formula is C47H61FN10O5. The number of anilines is 1. The fourth-order valence-electron chi connectivity index (χ4n) is 9.53. The van der Waals surface area contributed by atoms with Gasteiger partial charge in [0.05, 0.1) is 23.7 Å². The molecule has 16 heteroatoms. The number of hydrogen-bond acceptors (Lipinski definition) is 11. The molecule has 4 aromatic rings. The first-order chi connectivity index (χ1) is 30.2. The summed E-state index contributed by atoms with van der Waals surface area (Å²) in [4.78, 5) is 47.3. The highest BCUT2D eigenvalue weighted by Crippen LogP contribution is 2.36. The van der Waals surface area contributed by atoms with E-state index in [1.165, 1.54) is 0 Å². The fraction of sp³-hybridized carbons (Fsp3) is 0.447. The molecule has 2 aromatic heterocycles. The smallest absolute Gasteiger partial charge is 0.253 e. The number of aromatic hydroxyl groups is 1. The van der Waals surface area contributed by atoms with E-state index in [1.807, 2.05) is 38.1 Å². The molecule has 3 saturated heterocycles. The number of aromatic nitrogens is 2. The van der Waals surface area contributed by atoms with Crippen LogP contribution in [0.25, 0.3) is 16.7 Å². The number of likely N-dealkylation sites (tertiary alicyclic amines) is 3. The van der Waals surface area contributed by atoms with E-state index in [0.717, 1.165) is 60.1 Å². The molecule has 15 nitrogen and oxygen atoms in total.